The van der Waals surface area contributed by atoms with Gasteiger partial charge in [-0.05, 0) is 49.2 Å². The SMILES string of the molecule is Cc1cccc(NC(=O)CN2N=N[C@@H]3C(=O)N(c4ccc(C)c(Cl)c4)C(=O)[C@H]32)c1. The van der Waals surface area contributed by atoms with Crippen molar-refractivity contribution in [1.29, 1.82) is 0 Å². The van der Waals surface area contributed by atoms with Crippen molar-refractivity contribution >= 4 is 40.7 Å². The van der Waals surface area contributed by atoms with Crippen molar-refractivity contribution in [2.24, 2.45) is 10.3 Å². The summed E-state index contributed by atoms with van der Waals surface area (Å²) in [6, 6.07) is 10.4. The molecule has 0 spiro atoms. The molecule has 2 aromatic carbocycles. The van der Waals surface area contributed by atoms with Gasteiger partial charge in [0.2, 0.25) is 5.91 Å². The molecule has 0 bridgehead atoms. The highest BCUT2D eigenvalue weighted by molar-refractivity contribution is 6.32. The van der Waals surface area contributed by atoms with Crippen LogP contribution in [0.1, 0.15) is 11.1 Å². The number of benzene rings is 2. The second kappa shape index (κ2) is 7.29. The molecule has 0 aliphatic carbocycles. The molecule has 0 aromatic heterocycles. The Balaban J connectivity index is 1.50. The molecular formula is C20H18ClN5O3. The first-order valence-corrected chi connectivity index (χ1v) is 9.41. The second-order valence-corrected chi connectivity index (χ2v) is 7.46. The molecule has 1 saturated heterocycles. The summed E-state index contributed by atoms with van der Waals surface area (Å²) < 4.78 is 0. The fourth-order valence-corrected chi connectivity index (χ4v) is 3.57. The van der Waals surface area contributed by atoms with Crippen molar-refractivity contribution in [1.82, 2.24) is 5.01 Å². The number of hydrogen-bond acceptors (Lipinski definition) is 6. The zero-order valence-corrected chi connectivity index (χ0v) is 16.6. The van der Waals surface area contributed by atoms with Crippen LogP contribution in [0.3, 0.4) is 0 Å². The number of carbonyl (C=O) groups excluding carboxylic acids is 3. The van der Waals surface area contributed by atoms with Crippen LogP contribution in [0.4, 0.5) is 11.4 Å². The minimum absolute atomic E-state index is 0.194. The minimum atomic E-state index is -0.964. The van der Waals surface area contributed by atoms with Crippen LogP contribution in [-0.2, 0) is 14.4 Å². The monoisotopic (exact) mass is 411 g/mol. The van der Waals surface area contributed by atoms with Crippen molar-refractivity contribution in [2.75, 3.05) is 16.8 Å². The van der Waals surface area contributed by atoms with Crippen molar-refractivity contribution in [2.45, 2.75) is 25.9 Å². The number of imide groups is 1. The van der Waals surface area contributed by atoms with Gasteiger partial charge in [0, 0.05) is 10.7 Å². The lowest BCUT2D eigenvalue weighted by atomic mass is 10.1. The maximum atomic E-state index is 13.0. The highest BCUT2D eigenvalue weighted by Gasteiger charge is 2.55. The number of nitrogens with one attached hydrogen (secondary N) is 1. The van der Waals surface area contributed by atoms with E-state index in [0.29, 0.717) is 16.4 Å². The second-order valence-electron chi connectivity index (χ2n) is 7.06. The third-order valence-corrected chi connectivity index (χ3v) is 5.29. The minimum Gasteiger partial charge on any atom is -0.324 e. The lowest BCUT2D eigenvalue weighted by molar-refractivity contribution is -0.123. The molecule has 2 aliphatic rings. The summed E-state index contributed by atoms with van der Waals surface area (Å²) in [6.45, 7) is 3.56. The Morgan fingerprint density at radius 1 is 1.14 bits per heavy atom. The predicted molar refractivity (Wildman–Crippen MR) is 108 cm³/mol. The number of nitrogens with zero attached hydrogens (tertiary/aromatic N) is 4. The maximum Gasteiger partial charge on any atom is 0.263 e. The van der Waals surface area contributed by atoms with Crippen molar-refractivity contribution in [3.8, 4) is 0 Å². The molecule has 0 unspecified atom stereocenters. The predicted octanol–water partition coefficient (Wildman–Crippen LogP) is 2.89. The number of anilines is 2. The molecule has 3 amide bonds. The Morgan fingerprint density at radius 2 is 1.93 bits per heavy atom. The number of amides is 3. The molecule has 2 aliphatic heterocycles. The zero-order valence-electron chi connectivity index (χ0n) is 15.8. The fraction of sp³-hybridized carbons (Fsp3) is 0.250. The van der Waals surface area contributed by atoms with Crippen LogP contribution in [0, 0.1) is 13.8 Å². The number of rotatable bonds is 4. The van der Waals surface area contributed by atoms with Gasteiger partial charge in [-0.3, -0.25) is 19.4 Å². The van der Waals surface area contributed by atoms with Gasteiger partial charge < -0.3 is 5.32 Å². The van der Waals surface area contributed by atoms with E-state index in [1.54, 1.807) is 24.3 Å². The molecule has 2 atom stereocenters. The van der Waals surface area contributed by atoms with E-state index >= 15 is 0 Å². The molecule has 1 fully saturated rings. The zero-order chi connectivity index (χ0) is 20.7. The Hall–Kier alpha value is -3.26. The van der Waals surface area contributed by atoms with E-state index in [1.165, 1.54) is 5.01 Å². The quantitative estimate of drug-likeness (QED) is 0.782. The first-order chi connectivity index (χ1) is 13.8. The van der Waals surface area contributed by atoms with Crippen LogP contribution >= 0.6 is 11.6 Å². The van der Waals surface area contributed by atoms with Crippen molar-refractivity contribution < 1.29 is 14.4 Å². The summed E-state index contributed by atoms with van der Waals surface area (Å²) in [5, 5.41) is 12.3. The molecule has 0 radical (unpaired) electrons. The van der Waals surface area contributed by atoms with E-state index in [2.05, 4.69) is 15.7 Å². The van der Waals surface area contributed by atoms with Crippen LogP contribution in [0.2, 0.25) is 5.02 Å². The van der Waals surface area contributed by atoms with Gasteiger partial charge in [-0.1, -0.05) is 35.0 Å². The summed E-state index contributed by atoms with van der Waals surface area (Å²) in [6.07, 6.45) is 0. The largest absolute Gasteiger partial charge is 0.324 e. The number of halogens is 1. The Kier molecular flexibility index (Phi) is 4.79. The first kappa shape index (κ1) is 19.1. The normalized spacial score (nSPS) is 20.4. The van der Waals surface area contributed by atoms with Crippen LogP contribution in [0.25, 0.3) is 0 Å². The molecular weight excluding hydrogens is 394 g/mol. The summed E-state index contributed by atoms with van der Waals surface area (Å²) in [5.41, 5.74) is 2.87. The highest BCUT2D eigenvalue weighted by atomic mass is 35.5. The third-order valence-electron chi connectivity index (χ3n) is 4.88. The van der Waals surface area contributed by atoms with Gasteiger partial charge in [0.1, 0.15) is 6.54 Å². The number of aryl methyl sites for hydroxylation is 2. The first-order valence-electron chi connectivity index (χ1n) is 9.03. The highest BCUT2D eigenvalue weighted by Crippen LogP contribution is 2.33. The van der Waals surface area contributed by atoms with Crippen molar-refractivity contribution in [3.63, 3.8) is 0 Å². The molecule has 4 rings (SSSR count). The smallest absolute Gasteiger partial charge is 0.263 e. The Bertz CT molecular complexity index is 1050. The third kappa shape index (κ3) is 3.47. The van der Waals surface area contributed by atoms with Gasteiger partial charge >= 0.3 is 0 Å². The average molecular weight is 412 g/mol. The molecule has 2 heterocycles. The van der Waals surface area contributed by atoms with Gasteiger partial charge in [-0.15, -0.1) is 0 Å². The van der Waals surface area contributed by atoms with E-state index < -0.39 is 23.9 Å². The lowest BCUT2D eigenvalue weighted by Crippen LogP contribution is -2.43. The van der Waals surface area contributed by atoms with Gasteiger partial charge in [0.25, 0.3) is 11.8 Å². The van der Waals surface area contributed by atoms with Gasteiger partial charge in [0.15, 0.2) is 12.1 Å². The summed E-state index contributed by atoms with van der Waals surface area (Å²) in [7, 11) is 0. The summed E-state index contributed by atoms with van der Waals surface area (Å²) in [5.74, 6) is -1.31. The van der Waals surface area contributed by atoms with Gasteiger partial charge in [-0.2, -0.15) is 5.11 Å². The van der Waals surface area contributed by atoms with Gasteiger partial charge in [0.05, 0.1) is 5.69 Å². The number of hydrogen-bond donors (Lipinski definition) is 1. The Labute approximate surface area is 172 Å². The van der Waals surface area contributed by atoms with Gasteiger partial charge in [-0.25, -0.2) is 4.90 Å². The van der Waals surface area contributed by atoms with Crippen LogP contribution < -0.4 is 10.2 Å². The molecule has 29 heavy (non-hydrogen) atoms. The number of carbonyl (C=O) groups is 3. The molecule has 8 nitrogen and oxygen atoms in total. The van der Waals surface area contributed by atoms with E-state index in [9.17, 15) is 14.4 Å². The van der Waals surface area contributed by atoms with E-state index in [-0.39, 0.29) is 12.5 Å². The molecule has 2 aromatic rings. The van der Waals surface area contributed by atoms with Crippen LogP contribution in [0.5, 0.6) is 0 Å². The van der Waals surface area contributed by atoms with E-state index in [4.69, 9.17) is 11.6 Å². The lowest BCUT2D eigenvalue weighted by Gasteiger charge is -2.20. The molecule has 9 heteroatoms. The topological polar surface area (TPSA) is 94.4 Å². The maximum absolute atomic E-state index is 13.0. The van der Waals surface area contributed by atoms with E-state index in [1.807, 2.05) is 32.0 Å². The number of fused-ring (bicyclic) bond motifs is 1. The average Bonchev–Trinajstić information content (AvgIpc) is 3.18. The standard InChI is InChI=1S/C20H18ClN5O3/c1-11-4-3-5-13(8-11)22-16(27)10-25-18-17(23-24-25)19(28)26(20(18)29)14-7-6-12(2)15(21)9-14/h3-9,17-18H,10H2,1-2H3,(H,22,27)/t17-,18-/m0/s1. The van der Waals surface area contributed by atoms with Crippen molar-refractivity contribution in [3.05, 3.63) is 58.6 Å². The summed E-state index contributed by atoms with van der Waals surface area (Å²) >= 11 is 6.14. The fourth-order valence-electron chi connectivity index (χ4n) is 3.40. The van der Waals surface area contributed by atoms with E-state index in [0.717, 1.165) is 16.0 Å². The molecule has 148 valence electrons. The summed E-state index contributed by atoms with van der Waals surface area (Å²) in [4.78, 5) is 39.2. The molecule has 1 N–H and O–H groups in total. The molecule has 0 saturated carbocycles. The van der Waals surface area contributed by atoms with Crippen LogP contribution in [-0.4, -0.2) is 41.4 Å². The Morgan fingerprint density at radius 3 is 2.66 bits per heavy atom. The van der Waals surface area contributed by atoms with Crippen LogP contribution in [0.15, 0.2) is 52.8 Å².